The Kier molecular flexibility index (Phi) is 11.2. The Labute approximate surface area is 337 Å². The summed E-state index contributed by atoms with van der Waals surface area (Å²) in [5.74, 6) is 0. The lowest BCUT2D eigenvalue weighted by Gasteiger charge is -2.14. The van der Waals surface area contributed by atoms with Gasteiger partial charge in [0, 0.05) is 45.3 Å². The third-order valence-electron chi connectivity index (χ3n) is 9.96. The van der Waals surface area contributed by atoms with Crippen LogP contribution in [0.1, 0.15) is 11.4 Å². The molecule has 0 fully saturated rings. The predicted octanol–water partition coefficient (Wildman–Crippen LogP) is 13.4. The third-order valence-corrected chi connectivity index (χ3v) is 9.96. The van der Waals surface area contributed by atoms with Crippen molar-refractivity contribution in [1.82, 2.24) is 19.9 Å². The van der Waals surface area contributed by atoms with E-state index in [1.54, 1.807) is 0 Å². The molecule has 0 saturated carbocycles. The monoisotopic (exact) mass is 751 g/mol. The molecule has 6 heteroatoms. The van der Waals surface area contributed by atoms with Crippen LogP contribution in [0.5, 0.6) is 0 Å². The number of benzene rings is 6. The first-order valence-corrected chi connectivity index (χ1v) is 19.8. The van der Waals surface area contributed by atoms with Gasteiger partial charge in [-0.15, -0.1) is 0 Å². The number of aromatic nitrogens is 4. The van der Waals surface area contributed by atoms with E-state index in [2.05, 4.69) is 178 Å². The highest BCUT2D eigenvalue weighted by Crippen LogP contribution is 2.39. The van der Waals surface area contributed by atoms with Crippen molar-refractivity contribution in [2.75, 3.05) is 0 Å². The fraction of sp³-hybridized carbons (Fsp3) is 0.0588. The van der Waals surface area contributed by atoms with Crippen molar-refractivity contribution in [3.05, 3.63) is 194 Å². The third kappa shape index (κ3) is 7.80. The fourth-order valence-corrected chi connectivity index (χ4v) is 7.47. The van der Waals surface area contributed by atoms with Gasteiger partial charge in [0.25, 0.3) is 0 Å². The highest BCUT2D eigenvalue weighted by atomic mass is 31.0. The molecule has 0 aliphatic rings. The van der Waals surface area contributed by atoms with Gasteiger partial charge in [-0.25, -0.2) is 0 Å². The number of fused-ring (bicyclic) bond motifs is 6. The van der Waals surface area contributed by atoms with Crippen LogP contribution in [0.2, 0.25) is 6.82 Å². The van der Waals surface area contributed by atoms with Gasteiger partial charge in [0.2, 0.25) is 0 Å². The van der Waals surface area contributed by atoms with Gasteiger partial charge in [-0.2, -0.15) is 9.12 Å². The second-order valence-electron chi connectivity index (χ2n) is 13.9. The van der Waals surface area contributed by atoms with E-state index in [4.69, 9.17) is 9.97 Å². The molecule has 4 aromatic heterocycles. The normalized spacial score (nSPS) is 10.8. The van der Waals surface area contributed by atoms with Crippen LogP contribution in [0.4, 0.5) is 0 Å². The Bertz CT molecular complexity index is 2950. The maximum atomic E-state index is 4.90. The largest absolute Gasteiger partial charge is 0.254 e. The van der Waals surface area contributed by atoms with E-state index in [1.807, 2.05) is 51.3 Å². The number of pyridine rings is 4. The van der Waals surface area contributed by atoms with Crippen molar-refractivity contribution in [2.24, 2.45) is 0 Å². The summed E-state index contributed by atoms with van der Waals surface area (Å²) in [7, 11) is 2.45. The number of rotatable bonds is 4. The molecular weight excluding hydrogens is 710 g/mol. The van der Waals surface area contributed by atoms with E-state index >= 15 is 0 Å². The number of hydrogen-bond acceptors (Lipinski definition) is 4. The lowest BCUT2D eigenvalue weighted by atomic mass is 9.93. The Hall–Kier alpha value is -6.55. The molecule has 0 bridgehead atoms. The van der Waals surface area contributed by atoms with Crippen LogP contribution in [0, 0.1) is 13.8 Å². The number of hydrogen-bond donors (Lipinski definition) is 0. The number of aryl methyl sites for hydroxylation is 2. The smallest absolute Gasteiger partial charge is 0.134 e. The van der Waals surface area contributed by atoms with Crippen LogP contribution in [-0.2, 0) is 0 Å². The lowest BCUT2D eigenvalue weighted by Crippen LogP contribution is -1.95. The number of nitrogens with zero attached hydrogens (tertiary/aromatic N) is 4. The molecule has 0 saturated heterocycles. The summed E-state index contributed by atoms with van der Waals surface area (Å²) >= 11 is 0. The van der Waals surface area contributed by atoms with Gasteiger partial charge in [0.05, 0.1) is 22.1 Å². The van der Waals surface area contributed by atoms with Crippen molar-refractivity contribution in [2.45, 2.75) is 20.7 Å². The minimum atomic E-state index is 0.946. The first-order chi connectivity index (χ1) is 28.0. The van der Waals surface area contributed by atoms with Crippen LogP contribution in [0.3, 0.4) is 0 Å². The fourth-order valence-electron chi connectivity index (χ4n) is 7.47. The highest BCUT2D eigenvalue weighted by molar-refractivity contribution is 7.55. The van der Waals surface area contributed by atoms with Gasteiger partial charge in [0.1, 0.15) is 7.00 Å². The summed E-state index contributed by atoms with van der Waals surface area (Å²) in [6.45, 7) is 7.97. The maximum absolute atomic E-state index is 4.90. The van der Waals surface area contributed by atoms with E-state index < -0.39 is 0 Å². The summed E-state index contributed by atoms with van der Waals surface area (Å²) in [6, 6.07) is 59.1. The zero-order valence-electron chi connectivity index (χ0n) is 32.3. The second-order valence-corrected chi connectivity index (χ2v) is 14.5. The van der Waals surface area contributed by atoms with Gasteiger partial charge in [0.15, 0.2) is 0 Å². The van der Waals surface area contributed by atoms with Gasteiger partial charge >= 0.3 is 0 Å². The lowest BCUT2D eigenvalue weighted by molar-refractivity contribution is 1.23. The molecule has 4 heterocycles. The van der Waals surface area contributed by atoms with Gasteiger partial charge in [-0.1, -0.05) is 140 Å². The molecule has 0 aliphatic heterocycles. The molecular formula is C51H41BN4P. The summed E-state index contributed by atoms with van der Waals surface area (Å²) < 4.78 is 0. The molecule has 1 unspecified atom stereocenters. The standard InChI is InChI=1S/C26H20N2.C24H16N2.CH5BP/c1-17-13-14-21-23(20-11-7-4-8-12-20)16-24-22(19-9-5-3-6-10-19)15-18(2)28-26(24)25(21)27-17;1-3-8-17(9-4-1)19-13-15-26-24-22(19)16-21(18-10-5-2-6-11-18)20-12-7-14-25-23(20)24;1-2-3/h3-16H,1-2H3;1-16H;3H2,1H3. The maximum Gasteiger partial charge on any atom is 0.134 e. The molecule has 1 atom stereocenters. The average molecular weight is 752 g/mol. The van der Waals surface area contributed by atoms with Crippen LogP contribution >= 0.6 is 9.12 Å². The van der Waals surface area contributed by atoms with Crippen molar-refractivity contribution in [3.63, 3.8) is 0 Å². The Morgan fingerprint density at radius 1 is 0.368 bits per heavy atom. The second kappa shape index (κ2) is 17.1. The van der Waals surface area contributed by atoms with E-state index in [9.17, 15) is 0 Å². The average Bonchev–Trinajstić information content (AvgIpc) is 3.27. The van der Waals surface area contributed by atoms with Crippen molar-refractivity contribution in [1.29, 1.82) is 0 Å². The van der Waals surface area contributed by atoms with Crippen molar-refractivity contribution < 1.29 is 0 Å². The molecule has 0 amide bonds. The molecule has 1 radical (unpaired) electrons. The van der Waals surface area contributed by atoms with Crippen molar-refractivity contribution in [3.8, 4) is 44.5 Å². The highest BCUT2D eigenvalue weighted by Gasteiger charge is 2.16. The molecule has 273 valence electrons. The molecule has 0 spiro atoms. The van der Waals surface area contributed by atoms with Crippen LogP contribution in [-0.4, -0.2) is 26.9 Å². The molecule has 57 heavy (non-hydrogen) atoms. The molecule has 10 aromatic rings. The van der Waals surface area contributed by atoms with Crippen molar-refractivity contribution >= 4 is 59.7 Å². The Balaban J connectivity index is 0.000000150. The van der Waals surface area contributed by atoms with Crippen LogP contribution < -0.4 is 0 Å². The van der Waals surface area contributed by atoms with Crippen LogP contribution in [0.15, 0.2) is 182 Å². The molecule has 10 rings (SSSR count). The Morgan fingerprint density at radius 2 is 0.772 bits per heavy atom. The quantitative estimate of drug-likeness (QED) is 0.102. The molecule has 0 N–H and O–H groups in total. The van der Waals surface area contributed by atoms with Gasteiger partial charge in [-0.05, 0) is 94.8 Å². The van der Waals surface area contributed by atoms with E-state index in [0.717, 1.165) is 55.0 Å². The zero-order valence-corrected chi connectivity index (χ0v) is 33.4. The van der Waals surface area contributed by atoms with E-state index in [-0.39, 0.29) is 0 Å². The summed E-state index contributed by atoms with van der Waals surface area (Å²) in [5, 5.41) is 4.54. The zero-order chi connectivity index (χ0) is 39.1. The molecule has 4 nitrogen and oxygen atoms in total. The first-order valence-electron chi connectivity index (χ1n) is 19.1. The first kappa shape index (κ1) is 37.4. The van der Waals surface area contributed by atoms with Gasteiger partial charge < -0.3 is 0 Å². The minimum Gasteiger partial charge on any atom is -0.254 e. The predicted molar refractivity (Wildman–Crippen MR) is 247 cm³/mol. The SMILES string of the molecule is C[B]P.Cc1ccc2c(-c3ccccc3)cc3c(-c4ccccc4)cc(C)nc3c2n1.c1ccc(-c2cc3c(-c4ccccc4)ccnc3c3ncccc23)cc1. The summed E-state index contributed by atoms with van der Waals surface area (Å²) in [4.78, 5) is 19.1. The van der Waals surface area contributed by atoms with Crippen LogP contribution in [0.25, 0.3) is 88.1 Å². The molecule has 6 aromatic carbocycles. The minimum absolute atomic E-state index is 0.946. The summed E-state index contributed by atoms with van der Waals surface area (Å²) in [5.41, 5.74) is 15.4. The van der Waals surface area contributed by atoms with Gasteiger partial charge in [-0.3, -0.25) is 19.9 Å². The molecule has 0 aliphatic carbocycles. The topological polar surface area (TPSA) is 51.6 Å². The Morgan fingerprint density at radius 3 is 1.32 bits per heavy atom. The summed E-state index contributed by atoms with van der Waals surface area (Å²) in [6.07, 6.45) is 3.72. The van der Waals surface area contributed by atoms with E-state index in [0.29, 0.717) is 0 Å². The van der Waals surface area contributed by atoms with E-state index in [1.165, 1.54) is 44.5 Å².